The lowest BCUT2D eigenvalue weighted by molar-refractivity contribution is 0.102. The summed E-state index contributed by atoms with van der Waals surface area (Å²) in [6.07, 6.45) is 0. The third-order valence-corrected chi connectivity index (χ3v) is 3.57. The molecule has 0 aliphatic heterocycles. The number of hydrogen-bond acceptors (Lipinski definition) is 2. The van der Waals surface area contributed by atoms with Gasteiger partial charge in [0, 0.05) is 14.2 Å². The van der Waals surface area contributed by atoms with Crippen LogP contribution in [-0.4, -0.2) is 5.91 Å². The van der Waals surface area contributed by atoms with Crippen LogP contribution in [0.4, 0.5) is 15.8 Å². The predicted molar refractivity (Wildman–Crippen MR) is 82.9 cm³/mol. The minimum absolute atomic E-state index is 0.0117. The second-order valence-electron chi connectivity index (χ2n) is 3.81. The van der Waals surface area contributed by atoms with Gasteiger partial charge < -0.3 is 11.1 Å². The molecule has 0 saturated carbocycles. The van der Waals surface area contributed by atoms with Crippen LogP contribution in [0.3, 0.4) is 0 Å². The molecule has 0 heterocycles. The third-order valence-electron chi connectivity index (χ3n) is 2.44. The summed E-state index contributed by atoms with van der Waals surface area (Å²) >= 11 is 7.89. The van der Waals surface area contributed by atoms with Crippen molar-refractivity contribution in [3.05, 3.63) is 56.4 Å². The quantitative estimate of drug-likeness (QED) is 0.603. The fourth-order valence-corrected chi connectivity index (χ4v) is 2.46. The standard InChI is InChI=1S/C13H9ClFIN2O/c14-8-2-4-12(10(16)6-8)18-13(19)7-1-3-11(17)9(15)5-7/h1-6H,17H2,(H,18,19). The molecule has 0 aromatic heterocycles. The van der Waals surface area contributed by atoms with E-state index in [1.54, 1.807) is 18.2 Å². The summed E-state index contributed by atoms with van der Waals surface area (Å²) in [7, 11) is 0. The molecule has 0 unspecified atom stereocenters. The third kappa shape index (κ3) is 3.36. The van der Waals surface area contributed by atoms with Crippen molar-refractivity contribution in [2.24, 2.45) is 0 Å². The minimum Gasteiger partial charge on any atom is -0.396 e. The average Bonchev–Trinajstić information content (AvgIpc) is 2.36. The van der Waals surface area contributed by atoms with Gasteiger partial charge in [0.25, 0.3) is 5.91 Å². The zero-order valence-corrected chi connectivity index (χ0v) is 12.5. The van der Waals surface area contributed by atoms with Gasteiger partial charge in [0.1, 0.15) is 5.82 Å². The van der Waals surface area contributed by atoms with E-state index in [-0.39, 0.29) is 11.3 Å². The molecule has 98 valence electrons. The minimum atomic E-state index is -0.613. The second-order valence-corrected chi connectivity index (χ2v) is 5.41. The van der Waals surface area contributed by atoms with Gasteiger partial charge in [-0.25, -0.2) is 4.39 Å². The fourth-order valence-electron chi connectivity index (χ4n) is 1.45. The Morgan fingerprint density at radius 2 is 2.00 bits per heavy atom. The largest absolute Gasteiger partial charge is 0.396 e. The normalized spacial score (nSPS) is 10.3. The van der Waals surface area contributed by atoms with Crippen LogP contribution in [0.2, 0.25) is 5.02 Å². The number of carbonyl (C=O) groups is 1. The zero-order valence-electron chi connectivity index (χ0n) is 9.58. The topological polar surface area (TPSA) is 55.1 Å². The van der Waals surface area contributed by atoms with E-state index < -0.39 is 11.7 Å². The highest BCUT2D eigenvalue weighted by Crippen LogP contribution is 2.23. The van der Waals surface area contributed by atoms with E-state index in [9.17, 15) is 9.18 Å². The summed E-state index contributed by atoms with van der Waals surface area (Å²) in [6.45, 7) is 0. The van der Waals surface area contributed by atoms with Gasteiger partial charge in [0.05, 0.1) is 11.4 Å². The van der Waals surface area contributed by atoms with E-state index in [0.717, 1.165) is 9.64 Å². The molecule has 2 rings (SSSR count). The molecule has 2 aromatic rings. The van der Waals surface area contributed by atoms with Crippen molar-refractivity contribution in [3.8, 4) is 0 Å². The van der Waals surface area contributed by atoms with Crippen LogP contribution in [0.5, 0.6) is 0 Å². The Bertz CT molecular complexity index is 649. The Hall–Kier alpha value is -1.34. The second kappa shape index (κ2) is 5.75. The van der Waals surface area contributed by atoms with E-state index in [0.29, 0.717) is 10.7 Å². The summed E-state index contributed by atoms with van der Waals surface area (Å²) < 4.78 is 14.1. The maximum absolute atomic E-state index is 13.3. The summed E-state index contributed by atoms with van der Waals surface area (Å²) in [5.74, 6) is -1.02. The van der Waals surface area contributed by atoms with E-state index >= 15 is 0 Å². The number of rotatable bonds is 2. The SMILES string of the molecule is Nc1ccc(C(=O)Nc2ccc(Cl)cc2I)cc1F. The number of nitrogens with one attached hydrogen (secondary N) is 1. The average molecular weight is 391 g/mol. The number of amides is 1. The van der Waals surface area contributed by atoms with Gasteiger partial charge in [-0.3, -0.25) is 4.79 Å². The molecule has 6 heteroatoms. The molecule has 2 aromatic carbocycles. The molecule has 0 aliphatic carbocycles. The number of anilines is 2. The van der Waals surface area contributed by atoms with E-state index in [1.165, 1.54) is 12.1 Å². The van der Waals surface area contributed by atoms with Crippen LogP contribution in [0.25, 0.3) is 0 Å². The summed E-state index contributed by atoms with van der Waals surface area (Å²) in [5, 5.41) is 3.27. The molecule has 0 bridgehead atoms. The molecule has 3 nitrogen and oxygen atoms in total. The molecule has 0 saturated heterocycles. The molecule has 19 heavy (non-hydrogen) atoms. The smallest absolute Gasteiger partial charge is 0.255 e. The van der Waals surface area contributed by atoms with Crippen LogP contribution in [0.15, 0.2) is 36.4 Å². The Balaban J connectivity index is 2.23. The van der Waals surface area contributed by atoms with Crippen molar-refractivity contribution in [3.63, 3.8) is 0 Å². The van der Waals surface area contributed by atoms with Crippen molar-refractivity contribution >= 4 is 51.5 Å². The van der Waals surface area contributed by atoms with Crippen LogP contribution >= 0.6 is 34.2 Å². The molecular weight excluding hydrogens is 382 g/mol. The zero-order chi connectivity index (χ0) is 14.0. The highest BCUT2D eigenvalue weighted by atomic mass is 127. The first kappa shape index (κ1) is 14.1. The van der Waals surface area contributed by atoms with Crippen LogP contribution < -0.4 is 11.1 Å². The summed E-state index contributed by atoms with van der Waals surface area (Å²) in [6, 6.07) is 9.01. The molecule has 3 N–H and O–H groups in total. The lowest BCUT2D eigenvalue weighted by Gasteiger charge is -2.08. The molecule has 0 atom stereocenters. The van der Waals surface area contributed by atoms with E-state index in [1.807, 2.05) is 0 Å². The van der Waals surface area contributed by atoms with Crippen LogP contribution in [-0.2, 0) is 0 Å². The van der Waals surface area contributed by atoms with E-state index in [2.05, 4.69) is 27.9 Å². The summed E-state index contributed by atoms with van der Waals surface area (Å²) in [4.78, 5) is 12.0. The predicted octanol–water partition coefficient (Wildman–Crippen LogP) is 3.92. The number of halogens is 3. The maximum Gasteiger partial charge on any atom is 0.255 e. The van der Waals surface area contributed by atoms with Gasteiger partial charge in [-0.2, -0.15) is 0 Å². The van der Waals surface area contributed by atoms with E-state index in [4.69, 9.17) is 17.3 Å². The van der Waals surface area contributed by atoms with Gasteiger partial charge in [0.15, 0.2) is 0 Å². The molecule has 1 amide bonds. The monoisotopic (exact) mass is 390 g/mol. The molecule has 0 aliphatic rings. The lowest BCUT2D eigenvalue weighted by atomic mass is 10.2. The summed E-state index contributed by atoms with van der Waals surface area (Å²) in [5.41, 5.74) is 6.20. The Morgan fingerprint density at radius 3 is 2.63 bits per heavy atom. The number of carbonyl (C=O) groups excluding carboxylic acids is 1. The maximum atomic E-state index is 13.3. The highest BCUT2D eigenvalue weighted by molar-refractivity contribution is 14.1. The number of benzene rings is 2. The first-order chi connectivity index (χ1) is 8.97. The van der Waals surface area contributed by atoms with Crippen LogP contribution in [0, 0.1) is 9.39 Å². The fraction of sp³-hybridized carbons (Fsp3) is 0. The Labute approximate surface area is 128 Å². The van der Waals surface area contributed by atoms with Crippen molar-refractivity contribution in [2.75, 3.05) is 11.1 Å². The van der Waals surface area contributed by atoms with Gasteiger partial charge in [-0.1, -0.05) is 11.6 Å². The van der Waals surface area contributed by atoms with Gasteiger partial charge >= 0.3 is 0 Å². The molecule has 0 radical (unpaired) electrons. The number of hydrogen-bond donors (Lipinski definition) is 2. The Kier molecular flexibility index (Phi) is 4.26. The number of nitrogen functional groups attached to an aromatic ring is 1. The molecule has 0 spiro atoms. The van der Waals surface area contributed by atoms with Crippen molar-refractivity contribution in [2.45, 2.75) is 0 Å². The van der Waals surface area contributed by atoms with Crippen molar-refractivity contribution < 1.29 is 9.18 Å². The van der Waals surface area contributed by atoms with Gasteiger partial charge in [-0.05, 0) is 59.0 Å². The lowest BCUT2D eigenvalue weighted by Crippen LogP contribution is -2.13. The first-order valence-corrected chi connectivity index (χ1v) is 6.74. The van der Waals surface area contributed by atoms with Crippen molar-refractivity contribution in [1.82, 2.24) is 0 Å². The van der Waals surface area contributed by atoms with Gasteiger partial charge in [0.2, 0.25) is 0 Å². The Morgan fingerprint density at radius 1 is 1.26 bits per heavy atom. The highest BCUT2D eigenvalue weighted by Gasteiger charge is 2.10. The van der Waals surface area contributed by atoms with Gasteiger partial charge in [-0.15, -0.1) is 0 Å². The number of nitrogens with two attached hydrogens (primary N) is 1. The molecular formula is C13H9ClFIN2O. The molecule has 0 fully saturated rings. The van der Waals surface area contributed by atoms with Crippen LogP contribution in [0.1, 0.15) is 10.4 Å². The first-order valence-electron chi connectivity index (χ1n) is 5.29. The van der Waals surface area contributed by atoms with Crippen molar-refractivity contribution in [1.29, 1.82) is 0 Å².